The molecular weight excluding hydrogens is 481 g/mol. The molecule has 0 aliphatic rings. The van der Waals surface area contributed by atoms with Crippen molar-refractivity contribution in [1.82, 2.24) is 10.6 Å². The van der Waals surface area contributed by atoms with Gasteiger partial charge in [-0.25, -0.2) is 4.39 Å². The van der Waals surface area contributed by atoms with Crippen LogP contribution in [-0.4, -0.2) is 24.3 Å². The van der Waals surface area contributed by atoms with Crippen LogP contribution < -0.4 is 15.5 Å². The number of thiophene rings is 1. The molecule has 2 aromatic heterocycles. The predicted molar refractivity (Wildman–Crippen MR) is 135 cm³/mol. The van der Waals surface area contributed by atoms with Crippen LogP contribution in [0.3, 0.4) is 0 Å². The molecule has 0 aliphatic heterocycles. The van der Waals surface area contributed by atoms with Gasteiger partial charge >= 0.3 is 0 Å². The summed E-state index contributed by atoms with van der Waals surface area (Å²) in [4.78, 5) is 41.2. The van der Waals surface area contributed by atoms with Crippen molar-refractivity contribution >= 4 is 34.7 Å². The molecule has 7 nitrogen and oxygen atoms in total. The molecule has 0 unspecified atom stereocenters. The molecule has 0 aliphatic carbocycles. The zero-order valence-electron chi connectivity index (χ0n) is 19.4. The largest absolute Gasteiger partial charge is 0.467 e. The van der Waals surface area contributed by atoms with Crippen LogP contribution in [0.5, 0.6) is 0 Å². The average molecular weight is 506 g/mol. The Hall–Kier alpha value is -4.24. The lowest BCUT2D eigenvalue weighted by Gasteiger charge is -2.32. The lowest BCUT2D eigenvalue weighted by atomic mass is 10.0. The minimum atomic E-state index is -1.34. The Morgan fingerprint density at radius 1 is 0.972 bits per heavy atom. The fraction of sp³-hybridized carbons (Fsp3) is 0.148. The highest BCUT2D eigenvalue weighted by molar-refractivity contribution is 7.12. The van der Waals surface area contributed by atoms with E-state index in [2.05, 4.69) is 10.6 Å². The van der Waals surface area contributed by atoms with E-state index < -0.39 is 29.6 Å². The van der Waals surface area contributed by atoms with Crippen molar-refractivity contribution in [2.24, 2.45) is 0 Å². The lowest BCUT2D eigenvalue weighted by Crippen LogP contribution is -2.47. The number of aryl methyl sites for hydroxylation is 1. The molecule has 0 fully saturated rings. The van der Waals surface area contributed by atoms with E-state index in [1.54, 1.807) is 60.0 Å². The van der Waals surface area contributed by atoms with Gasteiger partial charge in [-0.3, -0.25) is 19.3 Å². The number of hydrogen-bond donors (Lipinski definition) is 2. The zero-order chi connectivity index (χ0) is 25.5. The van der Waals surface area contributed by atoms with Crippen molar-refractivity contribution < 1.29 is 23.2 Å². The van der Waals surface area contributed by atoms with Crippen molar-refractivity contribution in [3.05, 3.63) is 112 Å². The fourth-order valence-corrected chi connectivity index (χ4v) is 4.30. The molecule has 3 amide bonds. The zero-order valence-corrected chi connectivity index (χ0v) is 20.3. The van der Waals surface area contributed by atoms with E-state index in [9.17, 15) is 14.4 Å². The van der Waals surface area contributed by atoms with Crippen LogP contribution in [0.1, 0.15) is 32.6 Å². The summed E-state index contributed by atoms with van der Waals surface area (Å²) in [6.07, 6.45) is 1.48. The van der Waals surface area contributed by atoms with Crippen molar-refractivity contribution in [1.29, 1.82) is 0 Å². The van der Waals surface area contributed by atoms with Gasteiger partial charge in [-0.2, -0.15) is 0 Å². The normalized spacial score (nSPS) is 11.5. The highest BCUT2D eigenvalue weighted by Crippen LogP contribution is 2.30. The topological polar surface area (TPSA) is 91.7 Å². The van der Waals surface area contributed by atoms with Crippen LogP contribution >= 0.6 is 11.3 Å². The Balaban J connectivity index is 1.68. The maximum absolute atomic E-state index is 15.0. The number of carbonyl (C=O) groups is 3. The first-order valence-electron chi connectivity index (χ1n) is 11.2. The monoisotopic (exact) mass is 505 g/mol. The van der Waals surface area contributed by atoms with E-state index in [1.807, 2.05) is 6.92 Å². The van der Waals surface area contributed by atoms with Gasteiger partial charge in [0, 0.05) is 11.3 Å². The van der Waals surface area contributed by atoms with Gasteiger partial charge in [0.05, 0.1) is 24.2 Å². The summed E-state index contributed by atoms with van der Waals surface area (Å²) in [5, 5.41) is 7.09. The summed E-state index contributed by atoms with van der Waals surface area (Å²) in [7, 11) is 0. The number of rotatable bonds is 9. The summed E-state index contributed by atoms with van der Waals surface area (Å²) >= 11 is 1.24. The van der Waals surface area contributed by atoms with E-state index in [4.69, 9.17) is 4.42 Å². The average Bonchev–Trinajstić information content (AvgIpc) is 3.60. The molecule has 4 rings (SSSR count). The molecule has 9 heteroatoms. The Bertz CT molecular complexity index is 1320. The summed E-state index contributed by atoms with van der Waals surface area (Å²) in [6, 6.07) is 18.2. The van der Waals surface area contributed by atoms with E-state index in [0.717, 1.165) is 5.56 Å². The van der Waals surface area contributed by atoms with Gasteiger partial charge in [-0.1, -0.05) is 42.0 Å². The molecule has 0 saturated carbocycles. The molecule has 0 bridgehead atoms. The highest BCUT2D eigenvalue weighted by Gasteiger charge is 2.34. The lowest BCUT2D eigenvalue weighted by molar-refractivity contribution is -0.126. The number of hydrogen-bond acceptors (Lipinski definition) is 5. The molecular formula is C27H24FN3O4S. The van der Waals surface area contributed by atoms with E-state index in [-0.39, 0.29) is 18.7 Å². The molecule has 0 spiro atoms. The van der Waals surface area contributed by atoms with Crippen molar-refractivity contribution in [2.75, 3.05) is 11.4 Å². The number of nitrogens with zero attached hydrogens (tertiary/aromatic N) is 1. The Kier molecular flexibility index (Phi) is 7.92. The number of furan rings is 1. The van der Waals surface area contributed by atoms with Gasteiger partial charge in [0.15, 0.2) is 0 Å². The number of anilines is 1. The minimum absolute atomic E-state index is 0.0213. The smallest absolute Gasteiger partial charge is 0.261 e. The second-order valence-electron chi connectivity index (χ2n) is 7.98. The first-order valence-corrected chi connectivity index (χ1v) is 12.1. The Morgan fingerprint density at radius 3 is 2.42 bits per heavy atom. The number of halogens is 1. The van der Waals surface area contributed by atoms with Gasteiger partial charge in [-0.15, -0.1) is 11.3 Å². The molecule has 0 saturated heterocycles. The quantitative estimate of drug-likeness (QED) is 0.348. The van der Waals surface area contributed by atoms with Crippen LogP contribution in [0.4, 0.5) is 10.1 Å². The molecule has 1 atom stereocenters. The van der Waals surface area contributed by atoms with Crippen LogP contribution in [0.2, 0.25) is 0 Å². The molecule has 2 aromatic carbocycles. The summed E-state index contributed by atoms with van der Waals surface area (Å²) in [6.45, 7) is 1.56. The highest BCUT2D eigenvalue weighted by atomic mass is 32.1. The Labute approximate surface area is 211 Å². The number of benzene rings is 2. The molecule has 184 valence electrons. The van der Waals surface area contributed by atoms with Crippen molar-refractivity contribution in [2.45, 2.75) is 19.5 Å². The number of amides is 3. The first-order chi connectivity index (χ1) is 17.4. The fourth-order valence-electron chi connectivity index (χ4n) is 3.66. The third kappa shape index (κ3) is 5.87. The number of nitrogens with one attached hydrogen (secondary N) is 2. The SMILES string of the molecule is Cc1ccc(N(C(=O)CNC(=O)c2cccs2)[C@@H](C(=O)NCc2ccco2)c2ccccc2F)cc1. The van der Waals surface area contributed by atoms with Gasteiger partial charge in [0.2, 0.25) is 11.8 Å². The molecule has 4 aromatic rings. The minimum Gasteiger partial charge on any atom is -0.467 e. The van der Waals surface area contributed by atoms with Gasteiger partial charge in [-0.05, 0) is 48.7 Å². The van der Waals surface area contributed by atoms with Gasteiger partial charge in [0.25, 0.3) is 5.91 Å². The molecule has 36 heavy (non-hydrogen) atoms. The van der Waals surface area contributed by atoms with Crippen LogP contribution in [0, 0.1) is 12.7 Å². The molecule has 2 heterocycles. The number of carbonyl (C=O) groups excluding carboxylic acids is 3. The second-order valence-corrected chi connectivity index (χ2v) is 8.93. The van der Waals surface area contributed by atoms with E-state index in [0.29, 0.717) is 16.3 Å². The summed E-state index contributed by atoms with van der Waals surface area (Å²) in [5.74, 6) is -1.72. The third-order valence-corrected chi connectivity index (χ3v) is 6.32. The first kappa shape index (κ1) is 24.9. The second kappa shape index (κ2) is 11.5. The standard InChI is InChI=1S/C27H24FN3O4S/c1-18-10-12-19(13-11-18)31(24(32)17-30-26(33)23-9-5-15-36-23)25(21-7-2-3-8-22(21)28)27(34)29-16-20-6-4-14-35-20/h2-15,25H,16-17H2,1H3,(H,29,34)(H,30,33)/t25-/m1/s1. The molecule has 2 N–H and O–H groups in total. The van der Waals surface area contributed by atoms with Crippen LogP contribution in [-0.2, 0) is 16.1 Å². The van der Waals surface area contributed by atoms with E-state index in [1.165, 1.54) is 40.7 Å². The summed E-state index contributed by atoms with van der Waals surface area (Å²) < 4.78 is 20.3. The van der Waals surface area contributed by atoms with Crippen molar-refractivity contribution in [3.8, 4) is 0 Å². The van der Waals surface area contributed by atoms with E-state index >= 15 is 4.39 Å². The predicted octanol–water partition coefficient (Wildman–Crippen LogP) is 4.61. The van der Waals surface area contributed by atoms with Gasteiger partial charge in [0.1, 0.15) is 17.6 Å². The van der Waals surface area contributed by atoms with Crippen LogP contribution in [0.15, 0.2) is 88.9 Å². The molecule has 0 radical (unpaired) electrons. The maximum Gasteiger partial charge on any atom is 0.261 e. The van der Waals surface area contributed by atoms with Crippen LogP contribution in [0.25, 0.3) is 0 Å². The summed E-state index contributed by atoms with van der Waals surface area (Å²) in [5.41, 5.74) is 1.35. The van der Waals surface area contributed by atoms with Crippen molar-refractivity contribution in [3.63, 3.8) is 0 Å². The Morgan fingerprint density at radius 2 is 1.75 bits per heavy atom. The third-order valence-electron chi connectivity index (χ3n) is 5.45. The van der Waals surface area contributed by atoms with Gasteiger partial charge < -0.3 is 15.1 Å². The maximum atomic E-state index is 15.0.